The van der Waals surface area contributed by atoms with E-state index in [9.17, 15) is 9.59 Å². The summed E-state index contributed by atoms with van der Waals surface area (Å²) >= 11 is 0. The number of hydrogen-bond acceptors (Lipinski definition) is 3. The number of nitrogens with one attached hydrogen (secondary N) is 3. The van der Waals surface area contributed by atoms with Gasteiger partial charge in [0.25, 0.3) is 0 Å². The molecule has 0 saturated carbocycles. The molecule has 7 nitrogen and oxygen atoms in total. The van der Waals surface area contributed by atoms with E-state index >= 15 is 0 Å². The molecular weight excluding hydrogens is 306 g/mol. The predicted octanol–water partition coefficient (Wildman–Crippen LogP) is 2.15. The molecule has 126 valence electrons. The van der Waals surface area contributed by atoms with Gasteiger partial charge in [-0.3, -0.25) is 4.79 Å². The van der Waals surface area contributed by atoms with Crippen LogP contribution in [0.3, 0.4) is 0 Å². The van der Waals surface area contributed by atoms with Crippen LogP contribution in [-0.4, -0.2) is 28.0 Å². The molecule has 0 saturated heterocycles. The first-order valence-corrected chi connectivity index (χ1v) is 8.13. The number of fused-ring (bicyclic) bond motifs is 1. The van der Waals surface area contributed by atoms with E-state index in [1.807, 2.05) is 12.3 Å². The minimum Gasteiger partial charge on any atom is -0.338 e. The lowest BCUT2D eigenvalue weighted by molar-refractivity contribution is -0.115. The van der Waals surface area contributed by atoms with Gasteiger partial charge in [0.2, 0.25) is 5.91 Å². The van der Waals surface area contributed by atoms with Crippen molar-refractivity contribution in [1.82, 2.24) is 14.9 Å². The Labute approximate surface area is 140 Å². The third-order valence-electron chi connectivity index (χ3n) is 3.97. The van der Waals surface area contributed by atoms with E-state index in [0.29, 0.717) is 18.7 Å². The van der Waals surface area contributed by atoms with Gasteiger partial charge in [0.05, 0.1) is 6.42 Å². The number of aromatic nitrogens is 2. The lowest BCUT2D eigenvalue weighted by Gasteiger charge is -2.10. The quantitative estimate of drug-likeness (QED) is 0.710. The van der Waals surface area contributed by atoms with Crippen molar-refractivity contribution in [1.29, 1.82) is 0 Å². The van der Waals surface area contributed by atoms with E-state index < -0.39 is 0 Å². The predicted molar refractivity (Wildman–Crippen MR) is 92.0 cm³/mol. The number of nitrogens with zero attached hydrogens (tertiary/aromatic N) is 2. The maximum Gasteiger partial charge on any atom is 0.319 e. The van der Waals surface area contributed by atoms with E-state index in [-0.39, 0.29) is 11.9 Å². The second-order valence-electron chi connectivity index (χ2n) is 5.72. The largest absolute Gasteiger partial charge is 0.338 e. The minimum absolute atomic E-state index is 0.0162. The molecule has 3 rings (SSSR count). The van der Waals surface area contributed by atoms with Crippen LogP contribution in [0.1, 0.15) is 24.7 Å². The summed E-state index contributed by atoms with van der Waals surface area (Å²) in [4.78, 5) is 27.5. The highest BCUT2D eigenvalue weighted by atomic mass is 16.2. The van der Waals surface area contributed by atoms with E-state index in [4.69, 9.17) is 0 Å². The molecule has 1 aromatic heterocycles. The Morgan fingerprint density at radius 1 is 1.42 bits per heavy atom. The fraction of sp³-hybridized carbons (Fsp3) is 0.353. The fourth-order valence-electron chi connectivity index (χ4n) is 2.79. The molecule has 24 heavy (non-hydrogen) atoms. The molecule has 0 bridgehead atoms. The first kappa shape index (κ1) is 16.0. The monoisotopic (exact) mass is 327 g/mol. The number of hydrogen-bond donors (Lipinski definition) is 3. The summed E-state index contributed by atoms with van der Waals surface area (Å²) in [6, 6.07) is 5.17. The summed E-state index contributed by atoms with van der Waals surface area (Å²) in [6.45, 7) is 3.48. The van der Waals surface area contributed by atoms with Crippen molar-refractivity contribution in [2.45, 2.75) is 32.7 Å². The van der Waals surface area contributed by atoms with E-state index in [1.165, 1.54) is 0 Å². The Morgan fingerprint density at radius 3 is 3.12 bits per heavy atom. The standard InChI is InChI=1S/C17H21N5O2/c1-2-15-18-7-9-22(15)8-3-6-19-17(24)20-13-4-5-14-12(10-13)11-16(23)21-14/h4-5,7,9-10H,2-3,6,8,11H2,1H3,(H,21,23)(H2,19,20,24). The number of anilines is 2. The molecule has 3 amide bonds. The van der Waals surface area contributed by atoms with Crippen molar-refractivity contribution in [3.8, 4) is 0 Å². The normalized spacial score (nSPS) is 12.6. The molecule has 0 unspecified atom stereocenters. The average Bonchev–Trinajstić information content (AvgIpc) is 3.16. The summed E-state index contributed by atoms with van der Waals surface area (Å²) in [7, 11) is 0. The van der Waals surface area contributed by atoms with Crippen LogP contribution in [-0.2, 0) is 24.2 Å². The van der Waals surface area contributed by atoms with E-state index in [2.05, 4.69) is 32.4 Å². The highest BCUT2D eigenvalue weighted by Gasteiger charge is 2.17. The van der Waals surface area contributed by atoms with Crippen LogP contribution in [0.5, 0.6) is 0 Å². The number of amides is 3. The molecule has 1 aliphatic rings. The zero-order valence-corrected chi connectivity index (χ0v) is 13.6. The second kappa shape index (κ2) is 7.16. The highest BCUT2D eigenvalue weighted by Crippen LogP contribution is 2.25. The Bertz CT molecular complexity index is 753. The molecule has 0 spiro atoms. The Kier molecular flexibility index (Phi) is 4.79. The maximum atomic E-state index is 11.9. The number of aryl methyl sites for hydroxylation is 2. The lowest BCUT2D eigenvalue weighted by Crippen LogP contribution is -2.30. The summed E-state index contributed by atoms with van der Waals surface area (Å²) in [6.07, 6.45) is 5.85. The SMILES string of the molecule is CCc1nccn1CCCNC(=O)Nc1ccc2c(c1)CC(=O)N2. The zero-order valence-electron chi connectivity index (χ0n) is 13.6. The van der Waals surface area contributed by atoms with Gasteiger partial charge in [0.1, 0.15) is 5.82 Å². The van der Waals surface area contributed by atoms with Crippen molar-refractivity contribution >= 4 is 23.3 Å². The molecule has 3 N–H and O–H groups in total. The summed E-state index contributed by atoms with van der Waals surface area (Å²) < 4.78 is 2.10. The van der Waals surface area contributed by atoms with E-state index in [1.54, 1.807) is 18.3 Å². The van der Waals surface area contributed by atoms with Gasteiger partial charge in [0, 0.05) is 43.3 Å². The van der Waals surface area contributed by atoms with Gasteiger partial charge in [-0.25, -0.2) is 9.78 Å². The maximum absolute atomic E-state index is 11.9. The average molecular weight is 327 g/mol. The summed E-state index contributed by atoms with van der Waals surface area (Å²) in [5.41, 5.74) is 2.41. The molecule has 0 aliphatic carbocycles. The number of carbonyl (C=O) groups excluding carboxylic acids is 2. The van der Waals surface area contributed by atoms with Crippen molar-refractivity contribution in [3.05, 3.63) is 42.0 Å². The van der Waals surface area contributed by atoms with Crippen molar-refractivity contribution in [3.63, 3.8) is 0 Å². The van der Waals surface area contributed by atoms with Gasteiger partial charge in [-0.1, -0.05) is 6.92 Å². The molecule has 2 heterocycles. The van der Waals surface area contributed by atoms with Crippen LogP contribution in [0, 0.1) is 0 Å². The number of urea groups is 1. The first-order valence-electron chi connectivity index (χ1n) is 8.13. The number of rotatable bonds is 6. The number of carbonyl (C=O) groups is 2. The molecule has 7 heteroatoms. The number of benzene rings is 1. The first-order chi connectivity index (χ1) is 11.7. The van der Waals surface area contributed by atoms with Crippen LogP contribution in [0.15, 0.2) is 30.6 Å². The Morgan fingerprint density at radius 2 is 2.29 bits per heavy atom. The third-order valence-corrected chi connectivity index (χ3v) is 3.97. The minimum atomic E-state index is -0.242. The van der Waals surface area contributed by atoms with Crippen molar-refractivity contribution < 1.29 is 9.59 Å². The van der Waals surface area contributed by atoms with Crippen LogP contribution in [0.25, 0.3) is 0 Å². The molecule has 1 aliphatic heterocycles. The Hall–Kier alpha value is -2.83. The highest BCUT2D eigenvalue weighted by molar-refractivity contribution is 6.00. The zero-order chi connectivity index (χ0) is 16.9. The van der Waals surface area contributed by atoms with Gasteiger partial charge >= 0.3 is 6.03 Å². The second-order valence-corrected chi connectivity index (χ2v) is 5.72. The summed E-state index contributed by atoms with van der Waals surface area (Å²) in [5, 5.41) is 8.40. The molecular formula is C17H21N5O2. The van der Waals surface area contributed by atoms with Gasteiger partial charge in [-0.2, -0.15) is 0 Å². The molecule has 0 radical (unpaired) electrons. The lowest BCUT2D eigenvalue weighted by atomic mass is 10.1. The van der Waals surface area contributed by atoms with Crippen LogP contribution < -0.4 is 16.0 Å². The van der Waals surface area contributed by atoms with Gasteiger partial charge in [-0.15, -0.1) is 0 Å². The van der Waals surface area contributed by atoms with Crippen LogP contribution >= 0.6 is 0 Å². The van der Waals surface area contributed by atoms with Gasteiger partial charge < -0.3 is 20.5 Å². The smallest absolute Gasteiger partial charge is 0.319 e. The summed E-state index contributed by atoms with van der Waals surface area (Å²) in [5.74, 6) is 1.04. The fourth-order valence-corrected chi connectivity index (χ4v) is 2.79. The van der Waals surface area contributed by atoms with Crippen LogP contribution in [0.4, 0.5) is 16.2 Å². The topological polar surface area (TPSA) is 88.1 Å². The molecule has 0 atom stereocenters. The van der Waals surface area contributed by atoms with E-state index in [0.717, 1.165) is 36.5 Å². The van der Waals surface area contributed by atoms with Crippen molar-refractivity contribution in [2.24, 2.45) is 0 Å². The third kappa shape index (κ3) is 3.73. The Balaban J connectivity index is 1.43. The van der Waals surface area contributed by atoms with Gasteiger partial charge in [0.15, 0.2) is 0 Å². The number of imidazole rings is 1. The van der Waals surface area contributed by atoms with Crippen molar-refractivity contribution in [2.75, 3.05) is 17.2 Å². The van der Waals surface area contributed by atoms with Gasteiger partial charge in [-0.05, 0) is 30.2 Å². The van der Waals surface area contributed by atoms with Crippen LogP contribution in [0.2, 0.25) is 0 Å². The molecule has 0 fully saturated rings. The molecule has 2 aromatic rings. The molecule has 1 aromatic carbocycles.